The minimum absolute atomic E-state index is 0.0970. The van der Waals surface area contributed by atoms with Crippen molar-refractivity contribution in [2.24, 2.45) is 0 Å². The predicted octanol–water partition coefficient (Wildman–Crippen LogP) is 3.52. The number of pyridine rings is 1. The van der Waals surface area contributed by atoms with Crippen LogP contribution >= 0.6 is 22.7 Å². The third-order valence-corrected chi connectivity index (χ3v) is 6.94. The monoisotopic (exact) mass is 440 g/mol. The van der Waals surface area contributed by atoms with Crippen molar-refractivity contribution in [3.05, 3.63) is 34.5 Å². The summed E-state index contributed by atoms with van der Waals surface area (Å²) in [6.45, 7) is 3.49. The fourth-order valence-corrected chi connectivity index (χ4v) is 5.35. The van der Waals surface area contributed by atoms with Gasteiger partial charge in [-0.3, -0.25) is 20.0 Å². The molecule has 4 N–H and O–H groups in total. The van der Waals surface area contributed by atoms with E-state index in [0.29, 0.717) is 4.83 Å². The molecule has 0 bridgehead atoms. The van der Waals surface area contributed by atoms with Gasteiger partial charge in [0.2, 0.25) is 0 Å². The summed E-state index contributed by atoms with van der Waals surface area (Å²) in [6.07, 6.45) is 11.3. The van der Waals surface area contributed by atoms with E-state index >= 15 is 0 Å². The summed E-state index contributed by atoms with van der Waals surface area (Å²) >= 11 is 2.51. The number of H-pyrrole nitrogens is 3. The molecule has 1 aliphatic heterocycles. The van der Waals surface area contributed by atoms with Crippen molar-refractivity contribution in [1.29, 1.82) is 0 Å². The van der Waals surface area contributed by atoms with Gasteiger partial charge in [0, 0.05) is 34.9 Å². The zero-order valence-electron chi connectivity index (χ0n) is 16.2. The second-order valence-electron chi connectivity index (χ2n) is 7.18. The lowest BCUT2D eigenvalue weighted by Gasteiger charge is -2.18. The van der Waals surface area contributed by atoms with E-state index in [1.165, 1.54) is 37.1 Å². The highest BCUT2D eigenvalue weighted by molar-refractivity contribution is 7.27. The lowest BCUT2D eigenvalue weighted by atomic mass is 10.1. The Morgan fingerprint density at radius 2 is 2.07 bits per heavy atom. The Balaban J connectivity index is 0.000000236. The van der Waals surface area contributed by atoms with E-state index in [4.69, 9.17) is 0 Å². The second-order valence-corrected chi connectivity index (χ2v) is 9.15. The van der Waals surface area contributed by atoms with Crippen LogP contribution in [0.2, 0.25) is 0 Å². The maximum atomic E-state index is 11.3. The van der Waals surface area contributed by atoms with Crippen molar-refractivity contribution < 1.29 is 0 Å². The number of nitrogens with zero attached hydrogens (tertiary/aromatic N) is 4. The zero-order valence-corrected chi connectivity index (χ0v) is 17.9. The number of aromatic amines is 3. The number of rotatable bonds is 2. The summed E-state index contributed by atoms with van der Waals surface area (Å²) in [6, 6.07) is 0.786. The van der Waals surface area contributed by atoms with Crippen molar-refractivity contribution in [1.82, 2.24) is 40.7 Å². The lowest BCUT2D eigenvalue weighted by Crippen LogP contribution is -2.30. The first-order valence-corrected chi connectivity index (χ1v) is 11.4. The molecule has 1 atom stereocenters. The highest BCUT2D eigenvalue weighted by Gasteiger charge is 2.17. The molecule has 0 saturated carbocycles. The highest BCUT2D eigenvalue weighted by atomic mass is 32.1. The average Bonchev–Trinajstić information content (AvgIpc) is 3.52. The quantitative estimate of drug-likeness (QED) is 0.332. The van der Waals surface area contributed by atoms with Gasteiger partial charge in [-0.15, -0.1) is 0 Å². The van der Waals surface area contributed by atoms with Crippen molar-refractivity contribution in [2.75, 3.05) is 6.54 Å². The van der Waals surface area contributed by atoms with Gasteiger partial charge in [-0.1, -0.05) is 29.1 Å². The third kappa shape index (κ3) is 3.66. The van der Waals surface area contributed by atoms with Gasteiger partial charge in [-0.2, -0.15) is 10.2 Å². The molecule has 0 spiro atoms. The van der Waals surface area contributed by atoms with E-state index < -0.39 is 0 Å². The number of hydrogen-bond acceptors (Lipinski definition) is 8. The van der Waals surface area contributed by atoms with E-state index in [0.717, 1.165) is 54.9 Å². The largest absolute Gasteiger partial charge is 0.314 e. The fourth-order valence-electron chi connectivity index (χ4n) is 3.51. The topological polar surface area (TPSA) is 128 Å². The van der Waals surface area contributed by atoms with Crippen LogP contribution in [0.4, 0.5) is 0 Å². The van der Waals surface area contributed by atoms with Crippen LogP contribution in [0, 0.1) is 0 Å². The molecule has 9 nitrogen and oxygen atoms in total. The summed E-state index contributed by atoms with van der Waals surface area (Å²) in [5.74, 6) is 0. The smallest absolute Gasteiger partial charge is 0.307 e. The average molecular weight is 441 g/mol. The Morgan fingerprint density at radius 3 is 2.77 bits per heavy atom. The van der Waals surface area contributed by atoms with Crippen molar-refractivity contribution >= 4 is 43.2 Å². The molecule has 0 aromatic carbocycles. The molecule has 1 unspecified atom stereocenters. The molecule has 1 aliphatic rings. The van der Waals surface area contributed by atoms with E-state index in [9.17, 15) is 4.79 Å². The van der Waals surface area contributed by atoms with Crippen LogP contribution in [-0.2, 0) is 0 Å². The van der Waals surface area contributed by atoms with Gasteiger partial charge in [0.1, 0.15) is 15.5 Å². The van der Waals surface area contributed by atoms with Gasteiger partial charge in [0.25, 0.3) is 0 Å². The lowest BCUT2D eigenvalue weighted by molar-refractivity contribution is 0.425. The van der Waals surface area contributed by atoms with Gasteiger partial charge in [0.15, 0.2) is 4.83 Å². The minimum atomic E-state index is -0.0970. The summed E-state index contributed by atoms with van der Waals surface area (Å²) in [4.78, 5) is 24.5. The van der Waals surface area contributed by atoms with Gasteiger partial charge < -0.3 is 10.3 Å². The van der Waals surface area contributed by atoms with Crippen LogP contribution in [0.5, 0.6) is 0 Å². The van der Waals surface area contributed by atoms with Crippen LogP contribution in [0.25, 0.3) is 42.4 Å². The van der Waals surface area contributed by atoms with Crippen molar-refractivity contribution in [3.63, 3.8) is 0 Å². The Hall–Kier alpha value is -2.89. The Bertz CT molecular complexity index is 1290. The summed E-state index contributed by atoms with van der Waals surface area (Å²) in [5, 5.41) is 19.0. The molecule has 5 aromatic heterocycles. The van der Waals surface area contributed by atoms with Gasteiger partial charge in [0.05, 0.1) is 17.9 Å². The molecule has 0 amide bonds. The predicted molar refractivity (Wildman–Crippen MR) is 120 cm³/mol. The molecule has 6 rings (SSSR count). The summed E-state index contributed by atoms with van der Waals surface area (Å²) in [5.41, 5.74) is 3.42. The Morgan fingerprint density at radius 1 is 1.13 bits per heavy atom. The van der Waals surface area contributed by atoms with Crippen LogP contribution in [0.15, 0.2) is 29.6 Å². The maximum Gasteiger partial charge on any atom is 0.307 e. The van der Waals surface area contributed by atoms with Gasteiger partial charge in [-0.05, 0) is 26.3 Å². The molecule has 1 fully saturated rings. The number of hydrogen-bond donors (Lipinski definition) is 4. The molecule has 5 aromatic rings. The Kier molecular flexibility index (Phi) is 5.15. The number of thiazole rings is 2. The molecule has 154 valence electrons. The van der Waals surface area contributed by atoms with E-state index in [1.54, 1.807) is 18.6 Å². The third-order valence-electron chi connectivity index (χ3n) is 5.06. The summed E-state index contributed by atoms with van der Waals surface area (Å²) < 4.78 is 0. The number of piperidine rings is 1. The first-order chi connectivity index (χ1) is 14.7. The molecule has 6 heterocycles. The normalized spacial score (nSPS) is 16.6. The molecular formula is C19H20N8OS2. The minimum Gasteiger partial charge on any atom is -0.314 e. The van der Waals surface area contributed by atoms with Crippen molar-refractivity contribution in [3.8, 4) is 21.8 Å². The SMILES string of the molecule is CC1CCCCN1.O=c1[nH]c2sc(-c3ncc(-c4cn[nH]c4)c4cn[nH]c34)nc2s1. The zero-order chi connectivity index (χ0) is 20.5. The molecule has 1 saturated heterocycles. The standard InChI is InChI=1S/C13H7N7OS2.C6H13N/c21-13-19-12-11(23-13)18-10(22-12)9-8-7(4-17-20-8)6(3-14-9)5-1-15-16-2-5;1-6-4-2-3-5-7-6/h1-4H,(H,15,16)(H,17,20)(H,19,21);6-7H,2-5H2,1H3. The molecule has 11 heteroatoms. The van der Waals surface area contributed by atoms with E-state index in [2.05, 4.69) is 47.6 Å². The second kappa shape index (κ2) is 8.09. The van der Waals surface area contributed by atoms with E-state index in [-0.39, 0.29) is 4.87 Å². The van der Waals surface area contributed by atoms with E-state index in [1.807, 2.05) is 6.20 Å². The Labute approximate surface area is 179 Å². The molecular weight excluding hydrogens is 420 g/mol. The molecule has 0 radical (unpaired) electrons. The number of nitrogens with one attached hydrogen (secondary N) is 4. The first-order valence-electron chi connectivity index (χ1n) is 9.73. The molecule has 0 aliphatic carbocycles. The number of fused-ring (bicyclic) bond motifs is 2. The first kappa shape index (κ1) is 19.1. The summed E-state index contributed by atoms with van der Waals surface area (Å²) in [7, 11) is 0. The van der Waals surface area contributed by atoms with Crippen LogP contribution in [0.3, 0.4) is 0 Å². The van der Waals surface area contributed by atoms with Crippen LogP contribution in [-0.4, -0.2) is 47.9 Å². The maximum absolute atomic E-state index is 11.3. The van der Waals surface area contributed by atoms with Crippen LogP contribution < -0.4 is 10.2 Å². The van der Waals surface area contributed by atoms with Crippen LogP contribution in [0.1, 0.15) is 26.2 Å². The number of aromatic nitrogens is 7. The highest BCUT2D eigenvalue weighted by Crippen LogP contribution is 2.35. The van der Waals surface area contributed by atoms with Gasteiger partial charge in [-0.25, -0.2) is 4.98 Å². The fraction of sp³-hybridized carbons (Fsp3) is 0.316. The van der Waals surface area contributed by atoms with Crippen molar-refractivity contribution in [2.45, 2.75) is 32.2 Å². The molecule has 30 heavy (non-hydrogen) atoms. The van der Waals surface area contributed by atoms with Gasteiger partial charge >= 0.3 is 4.87 Å².